The molecule has 0 aliphatic heterocycles. The number of aryl methyl sites for hydroxylation is 1. The molecule has 1 aromatic heterocycles. The average Bonchev–Trinajstić information content (AvgIpc) is 2.81. The first-order chi connectivity index (χ1) is 16.0. The summed E-state index contributed by atoms with van der Waals surface area (Å²) < 4.78 is 19.5. The van der Waals surface area contributed by atoms with Gasteiger partial charge in [0.25, 0.3) is 0 Å². The van der Waals surface area contributed by atoms with E-state index in [1.807, 2.05) is 42.5 Å². The number of hydrogen-bond acceptors (Lipinski definition) is 6. The van der Waals surface area contributed by atoms with E-state index in [1.165, 1.54) is 12.4 Å². The van der Waals surface area contributed by atoms with Crippen LogP contribution in [0.4, 0.5) is 27.3 Å². The molecule has 6 nitrogen and oxygen atoms in total. The molecule has 1 heterocycles. The summed E-state index contributed by atoms with van der Waals surface area (Å²) in [6.45, 7) is 2.26. The van der Waals surface area contributed by atoms with Gasteiger partial charge >= 0.3 is 164 Å². The van der Waals surface area contributed by atoms with Crippen molar-refractivity contribution in [3.05, 3.63) is 78.4 Å². The molecule has 0 unspecified atom stereocenters. The molecule has 0 radical (unpaired) electrons. The first-order valence-electron chi connectivity index (χ1n) is 10.7. The van der Waals surface area contributed by atoms with Crippen LogP contribution >= 0.6 is 0 Å². The van der Waals surface area contributed by atoms with Crippen LogP contribution in [0.3, 0.4) is 0 Å². The minimum atomic E-state index is -0.242. The Balaban J connectivity index is 1.37. The minimum absolute atomic E-state index is 0.242. The fraction of sp³-hybridized carbons (Fsp3) is 0.160. The van der Waals surface area contributed by atoms with Crippen LogP contribution in [0.1, 0.15) is 18.4 Å². The Hall–Kier alpha value is -3.94. The third kappa shape index (κ3) is 5.66. The Kier molecular flexibility index (Phi) is 6.83. The van der Waals surface area contributed by atoms with Gasteiger partial charge in [0.05, 0.1) is 0 Å². The summed E-state index contributed by atoms with van der Waals surface area (Å²) >= 11 is 0. The van der Waals surface area contributed by atoms with E-state index in [-0.39, 0.29) is 5.82 Å². The van der Waals surface area contributed by atoms with Crippen LogP contribution < -0.4 is 21.1 Å². The number of anilines is 4. The zero-order valence-electron chi connectivity index (χ0n) is 18.4. The maximum atomic E-state index is 13.6. The number of nitrogens with two attached hydrogens (primary N) is 1. The SMILES string of the molecule is B=C(CCCOc1ccc2ncnc(Nc3ccc(F)c(C)c3)c2c1)Nc1ccccc1N. The van der Waals surface area contributed by atoms with Crippen molar-refractivity contribution in [1.82, 2.24) is 9.97 Å². The van der Waals surface area contributed by atoms with Gasteiger partial charge in [-0.05, 0) is 18.6 Å². The molecule has 33 heavy (non-hydrogen) atoms. The van der Waals surface area contributed by atoms with Gasteiger partial charge in [0.1, 0.15) is 5.82 Å². The number of nitrogen functional groups attached to an aromatic ring is 1. The Morgan fingerprint density at radius 3 is 2.76 bits per heavy atom. The third-order valence-corrected chi connectivity index (χ3v) is 5.19. The van der Waals surface area contributed by atoms with E-state index in [0.717, 1.165) is 46.5 Å². The number of aromatic nitrogens is 2. The van der Waals surface area contributed by atoms with Crippen LogP contribution in [0.25, 0.3) is 10.9 Å². The fourth-order valence-corrected chi connectivity index (χ4v) is 3.42. The molecule has 0 aliphatic rings. The van der Waals surface area contributed by atoms with Crippen LogP contribution in [0, 0.1) is 12.7 Å². The molecule has 8 heteroatoms. The number of nitrogens with one attached hydrogen (secondary N) is 2. The first kappa shape index (κ1) is 22.3. The molecular formula is C25H25BFN5O. The van der Waals surface area contributed by atoms with Gasteiger partial charge in [-0.1, -0.05) is 0 Å². The van der Waals surface area contributed by atoms with Gasteiger partial charge in [-0.15, -0.1) is 0 Å². The van der Waals surface area contributed by atoms with Gasteiger partial charge < -0.3 is 0 Å². The maximum absolute atomic E-state index is 13.6. The molecule has 0 saturated carbocycles. The molecule has 0 aliphatic carbocycles. The summed E-state index contributed by atoms with van der Waals surface area (Å²) in [6, 6.07) is 18.2. The van der Waals surface area contributed by atoms with E-state index in [2.05, 4.69) is 28.1 Å². The second-order valence-electron chi connectivity index (χ2n) is 7.76. The van der Waals surface area contributed by atoms with Crippen LogP contribution in [-0.4, -0.2) is 29.6 Å². The summed E-state index contributed by atoms with van der Waals surface area (Å²) in [5.41, 5.74) is 10.5. The Labute approximate surface area is 193 Å². The Morgan fingerprint density at radius 1 is 1.09 bits per heavy atom. The van der Waals surface area contributed by atoms with Crippen molar-refractivity contribution < 1.29 is 9.13 Å². The summed E-state index contributed by atoms with van der Waals surface area (Å²) in [5.74, 6) is 1.12. The van der Waals surface area contributed by atoms with Crippen molar-refractivity contribution in [1.29, 1.82) is 0 Å². The standard InChI is InChI=1S/C25H25BFN5O/c1-16-13-17(8-10-20(16)27)31-25-19-14-18(9-11-22(19)29-15-30-25)33-12-4-7-24(26)32-23-6-3-2-5-21(23)28/h2-3,5-6,8-11,13-15,26,32H,4,7,12,28H2,1H3,(H,29,30,31). The Bertz CT molecular complexity index is 1300. The third-order valence-electron chi connectivity index (χ3n) is 5.19. The Morgan fingerprint density at radius 2 is 1.94 bits per heavy atom. The van der Waals surface area contributed by atoms with Crippen LogP contribution in [0.15, 0.2) is 67.0 Å². The van der Waals surface area contributed by atoms with Crippen molar-refractivity contribution in [3.8, 4) is 5.75 Å². The van der Waals surface area contributed by atoms with Crippen molar-refractivity contribution in [3.63, 3.8) is 0 Å². The van der Waals surface area contributed by atoms with E-state index in [4.69, 9.17) is 10.5 Å². The predicted molar refractivity (Wildman–Crippen MR) is 135 cm³/mol. The number of ether oxygens (including phenoxy) is 1. The van der Waals surface area contributed by atoms with Gasteiger partial charge in [-0.2, -0.15) is 0 Å². The molecule has 0 fully saturated rings. The first-order valence-corrected chi connectivity index (χ1v) is 10.7. The quantitative estimate of drug-likeness (QED) is 0.198. The van der Waals surface area contributed by atoms with Crippen molar-refractivity contribution >= 4 is 46.9 Å². The molecule has 0 atom stereocenters. The number of halogens is 1. The van der Waals surface area contributed by atoms with E-state index < -0.39 is 0 Å². The van der Waals surface area contributed by atoms with Gasteiger partial charge in [0.15, 0.2) is 0 Å². The predicted octanol–water partition coefficient (Wildman–Crippen LogP) is 4.70. The normalized spacial score (nSPS) is 10.7. The fourth-order valence-electron chi connectivity index (χ4n) is 3.42. The monoisotopic (exact) mass is 441 g/mol. The molecule has 4 N–H and O–H groups in total. The van der Waals surface area contributed by atoms with Gasteiger partial charge in [0, 0.05) is 0 Å². The number of rotatable bonds is 9. The summed E-state index contributed by atoms with van der Waals surface area (Å²) in [6.07, 6.45) is 3.04. The molecule has 3 aromatic carbocycles. The second-order valence-corrected chi connectivity index (χ2v) is 7.76. The number of fused-ring (bicyclic) bond motifs is 1. The summed E-state index contributed by atoms with van der Waals surface area (Å²) in [4.78, 5) is 8.69. The summed E-state index contributed by atoms with van der Waals surface area (Å²) in [5, 5.41) is 7.32. The van der Waals surface area contributed by atoms with E-state index >= 15 is 0 Å². The van der Waals surface area contributed by atoms with Crippen molar-refractivity contribution in [2.24, 2.45) is 0 Å². The zero-order chi connectivity index (χ0) is 23.2. The molecule has 0 spiro atoms. The zero-order valence-corrected chi connectivity index (χ0v) is 18.4. The van der Waals surface area contributed by atoms with Gasteiger partial charge in [0.2, 0.25) is 0 Å². The van der Waals surface area contributed by atoms with Gasteiger partial charge in [-0.3, -0.25) is 0 Å². The van der Waals surface area contributed by atoms with Crippen molar-refractivity contribution in [2.75, 3.05) is 23.0 Å². The molecule has 166 valence electrons. The van der Waals surface area contributed by atoms with Crippen LogP contribution in [0.2, 0.25) is 0 Å². The number of benzene rings is 3. The van der Waals surface area contributed by atoms with E-state index in [9.17, 15) is 4.39 Å². The molecule has 0 bridgehead atoms. The molecular weight excluding hydrogens is 416 g/mol. The second kappa shape index (κ2) is 10.1. The van der Waals surface area contributed by atoms with Crippen molar-refractivity contribution in [2.45, 2.75) is 19.8 Å². The summed E-state index contributed by atoms with van der Waals surface area (Å²) in [7, 11) is 4.07. The van der Waals surface area contributed by atoms with Gasteiger partial charge in [-0.25, -0.2) is 4.39 Å². The van der Waals surface area contributed by atoms with E-state index in [1.54, 1.807) is 19.1 Å². The number of nitrogens with zero attached hydrogens (tertiary/aromatic N) is 2. The van der Waals surface area contributed by atoms with Crippen LogP contribution in [0.5, 0.6) is 5.75 Å². The number of hydrogen-bond donors (Lipinski definition) is 3. The average molecular weight is 441 g/mol. The molecule has 4 rings (SSSR count). The van der Waals surface area contributed by atoms with E-state index in [0.29, 0.717) is 23.7 Å². The molecule has 4 aromatic rings. The molecule has 0 saturated heterocycles. The number of para-hydroxylation sites is 2. The topological polar surface area (TPSA) is 85.1 Å². The molecule has 0 amide bonds. The van der Waals surface area contributed by atoms with Crippen LogP contribution in [-0.2, 0) is 0 Å².